The lowest BCUT2D eigenvalue weighted by Gasteiger charge is -2.33. The Morgan fingerprint density at radius 1 is 1.37 bits per heavy atom. The van der Waals surface area contributed by atoms with Gasteiger partial charge in [-0.15, -0.1) is 0 Å². The van der Waals surface area contributed by atoms with E-state index in [1.165, 1.54) is 12.3 Å². The van der Waals surface area contributed by atoms with Crippen LogP contribution < -0.4 is 5.32 Å². The highest BCUT2D eigenvalue weighted by Gasteiger charge is 2.25. The van der Waals surface area contributed by atoms with Crippen molar-refractivity contribution in [3.63, 3.8) is 0 Å². The number of morpholine rings is 1. The molecule has 144 valence electrons. The van der Waals surface area contributed by atoms with Crippen LogP contribution in [-0.4, -0.2) is 48.3 Å². The number of nitrogens with zero attached hydrogens (tertiary/aromatic N) is 2. The minimum atomic E-state index is -0.355. The number of amides is 1. The molecule has 2 unspecified atom stereocenters. The Morgan fingerprint density at radius 3 is 2.93 bits per heavy atom. The minimum absolute atomic E-state index is 0.0467. The number of nitrogens with one attached hydrogen (secondary N) is 1. The largest absolute Gasteiger partial charge is 0.445 e. The summed E-state index contributed by atoms with van der Waals surface area (Å²) < 4.78 is 24.1. The predicted octanol–water partition coefficient (Wildman–Crippen LogP) is 2.91. The van der Waals surface area contributed by atoms with Crippen LogP contribution in [0.2, 0.25) is 0 Å². The fourth-order valence-corrected chi connectivity index (χ4v) is 2.88. The molecule has 0 aliphatic carbocycles. The van der Waals surface area contributed by atoms with E-state index in [-0.39, 0.29) is 30.7 Å². The van der Waals surface area contributed by atoms with Crippen molar-refractivity contribution in [3.05, 3.63) is 65.7 Å². The number of hydrogen-bond acceptors (Lipinski definition) is 5. The SMILES string of the molecule is CC(NCC1CN(C(=O)OCc2ccccc2)CCO1)c1ccc(F)cn1. The first kappa shape index (κ1) is 19.3. The van der Waals surface area contributed by atoms with Gasteiger partial charge in [0.1, 0.15) is 12.4 Å². The van der Waals surface area contributed by atoms with Crippen molar-refractivity contribution in [1.82, 2.24) is 15.2 Å². The molecule has 27 heavy (non-hydrogen) atoms. The number of carbonyl (C=O) groups excluding carboxylic acids is 1. The molecule has 1 N–H and O–H groups in total. The van der Waals surface area contributed by atoms with E-state index in [2.05, 4.69) is 10.3 Å². The summed E-state index contributed by atoms with van der Waals surface area (Å²) in [7, 11) is 0. The third kappa shape index (κ3) is 5.74. The summed E-state index contributed by atoms with van der Waals surface area (Å²) in [6.07, 6.45) is 0.737. The quantitative estimate of drug-likeness (QED) is 0.844. The highest BCUT2D eigenvalue weighted by molar-refractivity contribution is 5.67. The third-order valence-corrected chi connectivity index (χ3v) is 4.45. The van der Waals surface area contributed by atoms with Gasteiger partial charge in [0.15, 0.2) is 0 Å². The number of hydrogen-bond donors (Lipinski definition) is 1. The van der Waals surface area contributed by atoms with Gasteiger partial charge in [-0.1, -0.05) is 30.3 Å². The molecular weight excluding hydrogens is 349 g/mol. The van der Waals surface area contributed by atoms with Crippen LogP contribution >= 0.6 is 0 Å². The van der Waals surface area contributed by atoms with Gasteiger partial charge in [0, 0.05) is 19.1 Å². The van der Waals surface area contributed by atoms with E-state index in [9.17, 15) is 9.18 Å². The molecule has 1 aliphatic heterocycles. The van der Waals surface area contributed by atoms with Crippen LogP contribution in [0.5, 0.6) is 0 Å². The second kappa shape index (κ2) is 9.43. The van der Waals surface area contributed by atoms with Gasteiger partial charge in [-0.3, -0.25) is 4.98 Å². The predicted molar refractivity (Wildman–Crippen MR) is 98.6 cm³/mol. The highest BCUT2D eigenvalue weighted by atomic mass is 19.1. The van der Waals surface area contributed by atoms with Crippen molar-refractivity contribution in [1.29, 1.82) is 0 Å². The maximum atomic E-state index is 13.0. The average Bonchev–Trinajstić information content (AvgIpc) is 2.71. The summed E-state index contributed by atoms with van der Waals surface area (Å²) in [6.45, 7) is 4.21. The molecule has 0 saturated carbocycles. The molecule has 1 fully saturated rings. The van der Waals surface area contributed by atoms with Crippen LogP contribution in [-0.2, 0) is 16.1 Å². The Kier molecular flexibility index (Phi) is 6.73. The number of ether oxygens (including phenoxy) is 2. The fraction of sp³-hybridized carbons (Fsp3) is 0.400. The van der Waals surface area contributed by atoms with Crippen molar-refractivity contribution in [2.24, 2.45) is 0 Å². The number of carbonyl (C=O) groups is 1. The molecule has 1 saturated heterocycles. The summed E-state index contributed by atoms with van der Waals surface area (Å²) in [5.41, 5.74) is 1.71. The standard InChI is InChI=1S/C20H24FN3O3/c1-15(19-8-7-17(21)11-23-19)22-12-18-13-24(9-10-26-18)20(25)27-14-16-5-3-2-4-6-16/h2-8,11,15,18,22H,9-10,12-14H2,1H3. The smallest absolute Gasteiger partial charge is 0.410 e. The summed E-state index contributed by atoms with van der Waals surface area (Å²) in [5, 5.41) is 3.32. The van der Waals surface area contributed by atoms with Gasteiger partial charge in [-0.2, -0.15) is 0 Å². The monoisotopic (exact) mass is 373 g/mol. The molecule has 2 atom stereocenters. The number of halogens is 1. The first-order valence-electron chi connectivity index (χ1n) is 9.04. The molecule has 1 amide bonds. The van der Waals surface area contributed by atoms with Crippen molar-refractivity contribution < 1.29 is 18.7 Å². The molecule has 1 aromatic heterocycles. The zero-order chi connectivity index (χ0) is 19.1. The van der Waals surface area contributed by atoms with Crippen LogP contribution in [0.25, 0.3) is 0 Å². The maximum absolute atomic E-state index is 13.0. The van der Waals surface area contributed by atoms with E-state index in [1.54, 1.807) is 11.0 Å². The molecule has 0 bridgehead atoms. The second-order valence-corrected chi connectivity index (χ2v) is 6.51. The molecular formula is C20H24FN3O3. The average molecular weight is 373 g/mol. The number of aromatic nitrogens is 1. The van der Waals surface area contributed by atoms with E-state index in [4.69, 9.17) is 9.47 Å². The summed E-state index contributed by atoms with van der Waals surface area (Å²) in [5.74, 6) is -0.355. The lowest BCUT2D eigenvalue weighted by atomic mass is 10.2. The highest BCUT2D eigenvalue weighted by Crippen LogP contribution is 2.12. The first-order chi connectivity index (χ1) is 13.1. The second-order valence-electron chi connectivity index (χ2n) is 6.51. The van der Waals surface area contributed by atoms with Crippen molar-refractivity contribution in [2.45, 2.75) is 25.7 Å². The number of rotatable bonds is 6. The Labute approximate surface area is 158 Å². The van der Waals surface area contributed by atoms with Crippen LogP contribution in [0.4, 0.5) is 9.18 Å². The molecule has 7 heteroatoms. The molecule has 2 aromatic rings. The summed E-state index contributed by atoms with van der Waals surface area (Å²) in [6, 6.07) is 12.6. The minimum Gasteiger partial charge on any atom is -0.445 e. The van der Waals surface area contributed by atoms with Gasteiger partial charge >= 0.3 is 6.09 Å². The Morgan fingerprint density at radius 2 is 2.19 bits per heavy atom. The molecule has 3 rings (SSSR count). The van der Waals surface area contributed by atoms with Crippen LogP contribution in [0.3, 0.4) is 0 Å². The molecule has 0 radical (unpaired) electrons. The van der Waals surface area contributed by atoms with E-state index in [0.29, 0.717) is 26.2 Å². The van der Waals surface area contributed by atoms with Crippen molar-refractivity contribution in [3.8, 4) is 0 Å². The Balaban J connectivity index is 1.44. The molecule has 1 aliphatic rings. The number of benzene rings is 1. The lowest BCUT2D eigenvalue weighted by molar-refractivity contribution is -0.0278. The van der Waals surface area contributed by atoms with Gasteiger partial charge in [0.2, 0.25) is 0 Å². The van der Waals surface area contributed by atoms with E-state index >= 15 is 0 Å². The van der Waals surface area contributed by atoms with Crippen LogP contribution in [0.1, 0.15) is 24.2 Å². The zero-order valence-corrected chi connectivity index (χ0v) is 15.3. The van der Waals surface area contributed by atoms with Gasteiger partial charge in [-0.25, -0.2) is 9.18 Å². The third-order valence-electron chi connectivity index (χ3n) is 4.45. The Hall–Kier alpha value is -2.51. The molecule has 0 spiro atoms. The molecule has 6 nitrogen and oxygen atoms in total. The van der Waals surface area contributed by atoms with Gasteiger partial charge in [0.25, 0.3) is 0 Å². The molecule has 1 aromatic carbocycles. The summed E-state index contributed by atoms with van der Waals surface area (Å²) >= 11 is 0. The number of pyridine rings is 1. The topological polar surface area (TPSA) is 63.7 Å². The van der Waals surface area contributed by atoms with Gasteiger partial charge < -0.3 is 19.7 Å². The lowest BCUT2D eigenvalue weighted by Crippen LogP contribution is -2.49. The van der Waals surface area contributed by atoms with Gasteiger partial charge in [0.05, 0.1) is 31.1 Å². The maximum Gasteiger partial charge on any atom is 0.410 e. The van der Waals surface area contributed by atoms with Crippen molar-refractivity contribution >= 4 is 6.09 Å². The normalized spacial score (nSPS) is 18.1. The van der Waals surface area contributed by atoms with Gasteiger partial charge in [-0.05, 0) is 24.6 Å². The van der Waals surface area contributed by atoms with E-state index < -0.39 is 0 Å². The van der Waals surface area contributed by atoms with E-state index in [1.807, 2.05) is 37.3 Å². The first-order valence-corrected chi connectivity index (χ1v) is 9.04. The molecule has 2 heterocycles. The fourth-order valence-electron chi connectivity index (χ4n) is 2.88. The zero-order valence-electron chi connectivity index (χ0n) is 15.3. The summed E-state index contributed by atoms with van der Waals surface area (Å²) in [4.78, 5) is 18.0. The van der Waals surface area contributed by atoms with E-state index in [0.717, 1.165) is 11.3 Å². The van der Waals surface area contributed by atoms with Crippen LogP contribution in [0, 0.1) is 5.82 Å². The Bertz CT molecular complexity index is 727. The van der Waals surface area contributed by atoms with Crippen molar-refractivity contribution in [2.75, 3.05) is 26.2 Å². The van der Waals surface area contributed by atoms with Crippen LogP contribution in [0.15, 0.2) is 48.7 Å².